The summed E-state index contributed by atoms with van der Waals surface area (Å²) >= 11 is 3.29. The molecule has 21 heavy (non-hydrogen) atoms. The van der Waals surface area contributed by atoms with Crippen molar-refractivity contribution in [1.29, 1.82) is 0 Å². The van der Waals surface area contributed by atoms with E-state index in [2.05, 4.69) is 15.9 Å². The fraction of sp³-hybridized carbons (Fsp3) is 0.462. The molecule has 116 valence electrons. The zero-order valence-corrected chi connectivity index (χ0v) is 12.7. The summed E-state index contributed by atoms with van der Waals surface area (Å²) in [4.78, 5) is 12.8. The molecule has 3 N–H and O–H groups in total. The summed E-state index contributed by atoms with van der Waals surface area (Å²) in [6.07, 6.45) is -2.63. The summed E-state index contributed by atoms with van der Waals surface area (Å²) in [5.41, 5.74) is 3.07. The maximum absolute atomic E-state index is 12.6. The average Bonchev–Trinajstić information content (AvgIpc) is 3.22. The Morgan fingerprint density at radius 1 is 1.43 bits per heavy atom. The molecule has 1 saturated carbocycles. The molecule has 0 atom stereocenters. The highest BCUT2D eigenvalue weighted by Gasteiger charge is 2.38. The number of hydrogen-bond donors (Lipinski definition) is 2. The van der Waals surface area contributed by atoms with E-state index in [4.69, 9.17) is 5.84 Å². The molecule has 0 heterocycles. The Hall–Kier alpha value is -1.12. The maximum Gasteiger partial charge on any atom is 0.401 e. The van der Waals surface area contributed by atoms with Crippen LogP contribution < -0.4 is 11.3 Å². The van der Waals surface area contributed by atoms with Gasteiger partial charge >= 0.3 is 6.18 Å². The molecule has 1 fully saturated rings. The van der Waals surface area contributed by atoms with Gasteiger partial charge in [0.1, 0.15) is 0 Å². The number of hydrogen-bond acceptors (Lipinski definition) is 3. The van der Waals surface area contributed by atoms with Crippen LogP contribution in [0.3, 0.4) is 0 Å². The minimum atomic E-state index is -4.21. The largest absolute Gasteiger partial charge is 0.401 e. The van der Waals surface area contributed by atoms with Crippen molar-refractivity contribution in [3.63, 3.8) is 0 Å². The van der Waals surface area contributed by atoms with Crippen LogP contribution in [0.5, 0.6) is 0 Å². The van der Waals surface area contributed by atoms with Crippen LogP contribution >= 0.6 is 15.9 Å². The van der Waals surface area contributed by atoms with Gasteiger partial charge < -0.3 is 0 Å². The van der Waals surface area contributed by atoms with Gasteiger partial charge in [-0.2, -0.15) is 13.2 Å². The van der Waals surface area contributed by atoms with Crippen LogP contribution in [0.1, 0.15) is 28.8 Å². The number of nitrogen functional groups attached to an aromatic ring is 1. The van der Waals surface area contributed by atoms with Crippen LogP contribution in [0.2, 0.25) is 0 Å². The Bertz CT molecular complexity index is 532. The highest BCUT2D eigenvalue weighted by atomic mass is 79.9. The molecule has 0 radical (unpaired) electrons. The summed E-state index contributed by atoms with van der Waals surface area (Å²) in [5, 5.41) is 0. The van der Waals surface area contributed by atoms with Crippen LogP contribution in [0.25, 0.3) is 0 Å². The minimum absolute atomic E-state index is 0.00876. The van der Waals surface area contributed by atoms with Crippen molar-refractivity contribution >= 4 is 21.8 Å². The van der Waals surface area contributed by atoms with E-state index < -0.39 is 18.6 Å². The Labute approximate surface area is 128 Å². The summed E-state index contributed by atoms with van der Waals surface area (Å²) in [6, 6.07) is 4.72. The van der Waals surface area contributed by atoms with Gasteiger partial charge in [0, 0.05) is 22.6 Å². The lowest BCUT2D eigenvalue weighted by Gasteiger charge is -2.24. The van der Waals surface area contributed by atoms with Crippen LogP contribution in [-0.4, -0.2) is 29.6 Å². The van der Waals surface area contributed by atoms with Gasteiger partial charge in [-0.05, 0) is 30.5 Å². The second-order valence-corrected chi connectivity index (χ2v) is 5.89. The molecule has 2 rings (SSSR count). The first-order valence-electron chi connectivity index (χ1n) is 6.40. The molecule has 8 heteroatoms. The summed E-state index contributed by atoms with van der Waals surface area (Å²) in [6.45, 7) is -0.732. The smallest absolute Gasteiger partial charge is 0.290 e. The van der Waals surface area contributed by atoms with Gasteiger partial charge in [-0.1, -0.05) is 22.0 Å². The molecule has 1 aliphatic rings. The first-order chi connectivity index (χ1) is 9.80. The number of carbonyl (C=O) groups excluding carboxylic acids is 1. The predicted molar refractivity (Wildman–Crippen MR) is 75.3 cm³/mol. The second kappa shape index (κ2) is 6.33. The summed E-state index contributed by atoms with van der Waals surface area (Å²) in [5.74, 6) is 4.59. The monoisotopic (exact) mass is 365 g/mol. The molecule has 0 saturated heterocycles. The number of nitrogens with one attached hydrogen (secondary N) is 1. The van der Waals surface area contributed by atoms with Crippen molar-refractivity contribution in [3.05, 3.63) is 33.8 Å². The highest BCUT2D eigenvalue weighted by Crippen LogP contribution is 2.32. The highest BCUT2D eigenvalue weighted by molar-refractivity contribution is 9.10. The number of nitrogens with zero attached hydrogens (tertiary/aromatic N) is 1. The Morgan fingerprint density at radius 3 is 2.57 bits per heavy atom. The topological polar surface area (TPSA) is 58.4 Å². The van der Waals surface area contributed by atoms with Gasteiger partial charge in [0.25, 0.3) is 5.91 Å². The number of benzene rings is 1. The van der Waals surface area contributed by atoms with Crippen molar-refractivity contribution in [3.8, 4) is 0 Å². The molecule has 0 spiro atoms. The summed E-state index contributed by atoms with van der Waals surface area (Å²) in [7, 11) is 0. The molecular weight excluding hydrogens is 351 g/mol. The molecule has 0 aliphatic heterocycles. The molecule has 1 amide bonds. The average molecular weight is 366 g/mol. The third-order valence-corrected chi connectivity index (χ3v) is 4.00. The van der Waals surface area contributed by atoms with Gasteiger partial charge in [-0.15, -0.1) is 0 Å². The van der Waals surface area contributed by atoms with Crippen molar-refractivity contribution in [2.75, 3.05) is 6.54 Å². The van der Waals surface area contributed by atoms with Crippen molar-refractivity contribution in [2.24, 2.45) is 5.84 Å². The third kappa shape index (κ3) is 4.69. The molecule has 0 aromatic heterocycles. The lowest BCUT2D eigenvalue weighted by Crippen LogP contribution is -2.35. The van der Waals surface area contributed by atoms with E-state index in [1.165, 1.54) is 4.90 Å². The van der Waals surface area contributed by atoms with Gasteiger partial charge in [0.05, 0.1) is 6.54 Å². The zero-order valence-electron chi connectivity index (χ0n) is 11.1. The van der Waals surface area contributed by atoms with E-state index in [1.807, 2.05) is 5.43 Å². The van der Waals surface area contributed by atoms with Crippen LogP contribution in [0.4, 0.5) is 13.2 Å². The number of carbonyl (C=O) groups is 1. The zero-order chi connectivity index (χ0) is 15.6. The van der Waals surface area contributed by atoms with Gasteiger partial charge in [-0.25, -0.2) is 5.84 Å². The van der Waals surface area contributed by atoms with E-state index in [1.54, 1.807) is 18.2 Å². The number of nitrogens with two attached hydrogens (primary N) is 1. The first kappa shape index (κ1) is 16.3. The Morgan fingerprint density at radius 2 is 2.10 bits per heavy atom. The standard InChI is InChI=1S/C13H15BrF3N3O/c14-11-5-8(12(21)19-18)1-2-9(11)6-20(10-3-4-10)7-13(15,16)17/h1-2,5,10H,3-4,6-7,18H2,(H,19,21). The number of alkyl halides is 3. The van der Waals surface area contributed by atoms with E-state index in [0.29, 0.717) is 15.6 Å². The quantitative estimate of drug-likeness (QED) is 0.479. The Balaban J connectivity index is 2.12. The van der Waals surface area contributed by atoms with Crippen LogP contribution in [0, 0.1) is 0 Å². The van der Waals surface area contributed by atoms with Crippen LogP contribution in [0.15, 0.2) is 22.7 Å². The molecule has 0 bridgehead atoms. The van der Waals surface area contributed by atoms with Crippen molar-refractivity contribution in [2.45, 2.75) is 31.6 Å². The SMILES string of the molecule is NNC(=O)c1ccc(CN(CC(F)(F)F)C2CC2)c(Br)c1. The van der Waals surface area contributed by atoms with E-state index in [-0.39, 0.29) is 12.6 Å². The van der Waals surface area contributed by atoms with Gasteiger partial charge in [-0.3, -0.25) is 15.1 Å². The molecular formula is C13H15BrF3N3O. The molecule has 0 unspecified atom stereocenters. The van der Waals surface area contributed by atoms with E-state index in [9.17, 15) is 18.0 Å². The van der Waals surface area contributed by atoms with Crippen LogP contribution in [-0.2, 0) is 6.54 Å². The lowest BCUT2D eigenvalue weighted by molar-refractivity contribution is -0.148. The minimum Gasteiger partial charge on any atom is -0.290 e. The third-order valence-electron chi connectivity index (χ3n) is 3.27. The first-order valence-corrected chi connectivity index (χ1v) is 7.19. The fourth-order valence-electron chi connectivity index (χ4n) is 2.10. The summed E-state index contributed by atoms with van der Waals surface area (Å²) < 4.78 is 38.4. The number of amides is 1. The van der Waals surface area contributed by atoms with Crippen molar-refractivity contribution < 1.29 is 18.0 Å². The Kier molecular flexibility index (Phi) is 4.90. The lowest BCUT2D eigenvalue weighted by atomic mass is 10.1. The molecule has 1 aromatic carbocycles. The number of halogens is 4. The molecule has 1 aromatic rings. The normalized spacial score (nSPS) is 15.3. The maximum atomic E-state index is 12.6. The fourth-order valence-corrected chi connectivity index (χ4v) is 2.61. The second-order valence-electron chi connectivity index (χ2n) is 5.03. The number of rotatable bonds is 5. The number of hydrazine groups is 1. The van der Waals surface area contributed by atoms with Gasteiger partial charge in [0.15, 0.2) is 0 Å². The van der Waals surface area contributed by atoms with E-state index in [0.717, 1.165) is 12.8 Å². The predicted octanol–water partition coefficient (Wildman–Crippen LogP) is 2.58. The van der Waals surface area contributed by atoms with Crippen molar-refractivity contribution in [1.82, 2.24) is 10.3 Å². The molecule has 1 aliphatic carbocycles. The van der Waals surface area contributed by atoms with Gasteiger partial charge in [0.2, 0.25) is 0 Å². The molecule has 4 nitrogen and oxygen atoms in total. The van der Waals surface area contributed by atoms with E-state index >= 15 is 0 Å².